The van der Waals surface area contributed by atoms with Crippen molar-refractivity contribution in [2.24, 2.45) is 0 Å². The molecule has 2 N–H and O–H groups in total. The zero-order valence-corrected chi connectivity index (χ0v) is 12.7. The fourth-order valence-electron chi connectivity index (χ4n) is 2.37. The molecule has 0 unspecified atom stereocenters. The van der Waals surface area contributed by atoms with Crippen molar-refractivity contribution >= 4 is 29.1 Å². The molecule has 1 fully saturated rings. The Morgan fingerprint density at radius 1 is 1.30 bits per heavy atom. The molecule has 1 aromatic carbocycles. The molecule has 0 bridgehead atoms. The highest BCUT2D eigenvalue weighted by molar-refractivity contribution is 6.35. The summed E-state index contributed by atoms with van der Waals surface area (Å²) in [6.07, 6.45) is 2.72. The van der Waals surface area contributed by atoms with Crippen LogP contribution in [0.5, 0.6) is 5.75 Å². The third-order valence-corrected chi connectivity index (χ3v) is 3.97. The molecular formula is C14H18Cl2N2O2. The molecule has 20 heavy (non-hydrogen) atoms. The number of quaternary nitrogens is 1. The van der Waals surface area contributed by atoms with Gasteiger partial charge in [-0.25, -0.2) is 0 Å². The number of carbonyl (C=O) groups is 1. The molecule has 0 aliphatic carbocycles. The molecule has 4 nitrogen and oxygen atoms in total. The van der Waals surface area contributed by atoms with E-state index in [0.29, 0.717) is 30.1 Å². The molecule has 1 aromatic rings. The van der Waals surface area contributed by atoms with E-state index in [1.165, 1.54) is 6.07 Å². The average Bonchev–Trinajstić information content (AvgIpc) is 2.93. The summed E-state index contributed by atoms with van der Waals surface area (Å²) in [6, 6.07) is 3.08. The molecule has 1 heterocycles. The Morgan fingerprint density at radius 3 is 2.70 bits per heavy atom. The summed E-state index contributed by atoms with van der Waals surface area (Å²) in [5.74, 6) is 0.0170. The van der Waals surface area contributed by atoms with Gasteiger partial charge in [0.2, 0.25) is 5.91 Å². The number of rotatable bonds is 5. The summed E-state index contributed by atoms with van der Waals surface area (Å²) < 4.78 is 0. The summed E-state index contributed by atoms with van der Waals surface area (Å²) in [5, 5.41) is 14.3. The van der Waals surface area contributed by atoms with Crippen molar-refractivity contribution in [3.05, 3.63) is 27.7 Å². The molecule has 0 spiro atoms. The van der Waals surface area contributed by atoms with Gasteiger partial charge in [0, 0.05) is 28.7 Å². The van der Waals surface area contributed by atoms with Gasteiger partial charge in [-0.05, 0) is 25.0 Å². The van der Waals surface area contributed by atoms with Gasteiger partial charge in [-0.2, -0.15) is 0 Å². The van der Waals surface area contributed by atoms with E-state index >= 15 is 0 Å². The van der Waals surface area contributed by atoms with Crippen LogP contribution in [0.4, 0.5) is 0 Å². The Balaban J connectivity index is 1.77. The van der Waals surface area contributed by atoms with E-state index in [9.17, 15) is 9.90 Å². The Morgan fingerprint density at radius 2 is 2.00 bits per heavy atom. The van der Waals surface area contributed by atoms with Crippen molar-refractivity contribution < 1.29 is 15.2 Å². The number of carbonyl (C=O) groups excluding carboxylic acids is 1. The summed E-state index contributed by atoms with van der Waals surface area (Å²) in [7, 11) is 0. The van der Waals surface area contributed by atoms with E-state index in [1.807, 2.05) is 10.2 Å². The molecule has 110 valence electrons. The predicted molar refractivity (Wildman–Crippen MR) is 76.8 cm³/mol. The van der Waals surface area contributed by atoms with E-state index in [-0.39, 0.29) is 16.7 Å². The first-order valence-corrected chi connectivity index (χ1v) is 7.58. The minimum absolute atomic E-state index is 0.147. The molecular weight excluding hydrogens is 299 g/mol. The van der Waals surface area contributed by atoms with Crippen LogP contribution < -0.4 is 10.4 Å². The first kappa shape index (κ1) is 15.4. The first-order chi connectivity index (χ1) is 9.58. The normalized spacial score (nSPS) is 14.8. The molecule has 1 amide bonds. The first-order valence-electron chi connectivity index (χ1n) is 6.82. The van der Waals surface area contributed by atoms with E-state index < -0.39 is 0 Å². The lowest BCUT2D eigenvalue weighted by Crippen LogP contribution is -2.83. The largest absolute Gasteiger partial charge is 0.871 e. The standard InChI is InChI=1S/C14H18Cl2N2O2/c15-11-7-10(14(20)12(16)8-11)9-17-4-3-13(19)18-5-1-2-6-18/h7-8,17,20H,1-6,9H2. The van der Waals surface area contributed by atoms with Gasteiger partial charge >= 0.3 is 0 Å². The van der Waals surface area contributed by atoms with Gasteiger partial charge in [-0.15, -0.1) is 0 Å². The van der Waals surface area contributed by atoms with Gasteiger partial charge in [-0.3, -0.25) is 4.79 Å². The molecule has 0 radical (unpaired) electrons. The van der Waals surface area contributed by atoms with Crippen molar-refractivity contribution in [1.82, 2.24) is 4.90 Å². The highest BCUT2D eigenvalue weighted by Gasteiger charge is 2.17. The van der Waals surface area contributed by atoms with Crippen molar-refractivity contribution in [2.75, 3.05) is 19.6 Å². The van der Waals surface area contributed by atoms with Gasteiger partial charge in [0.25, 0.3) is 0 Å². The summed E-state index contributed by atoms with van der Waals surface area (Å²) in [6.45, 7) is 2.92. The SMILES string of the molecule is O=C(CC[NH2+]Cc1cc(Cl)cc(Cl)c1[O-])N1CCCC1. The molecule has 0 saturated carbocycles. The van der Waals surface area contributed by atoms with Gasteiger partial charge in [-0.1, -0.05) is 29.0 Å². The Hall–Kier alpha value is -0.970. The second-order valence-corrected chi connectivity index (χ2v) is 5.84. The molecule has 0 atom stereocenters. The number of halogens is 2. The second kappa shape index (κ2) is 7.16. The Labute approximate surface area is 128 Å². The summed E-state index contributed by atoms with van der Waals surface area (Å²) in [5.41, 5.74) is 0.580. The van der Waals surface area contributed by atoms with Gasteiger partial charge in [0.05, 0.1) is 13.0 Å². The minimum atomic E-state index is -0.182. The number of nitrogens with two attached hydrogens (primary N) is 1. The zero-order chi connectivity index (χ0) is 14.5. The highest BCUT2D eigenvalue weighted by Crippen LogP contribution is 2.28. The van der Waals surface area contributed by atoms with Gasteiger partial charge in [0.15, 0.2) is 0 Å². The van der Waals surface area contributed by atoms with Crippen LogP contribution in [0.25, 0.3) is 0 Å². The smallest absolute Gasteiger partial charge is 0.228 e. The van der Waals surface area contributed by atoms with Crippen LogP contribution in [0.1, 0.15) is 24.8 Å². The Bertz CT molecular complexity index is 488. The average molecular weight is 317 g/mol. The molecule has 1 aliphatic rings. The highest BCUT2D eigenvalue weighted by atomic mass is 35.5. The Kier molecular flexibility index (Phi) is 5.52. The van der Waals surface area contributed by atoms with Crippen molar-refractivity contribution in [2.45, 2.75) is 25.8 Å². The number of hydrogen-bond donors (Lipinski definition) is 1. The van der Waals surface area contributed by atoms with Crippen LogP contribution in [-0.4, -0.2) is 30.4 Å². The maximum atomic E-state index is 11.8. The van der Waals surface area contributed by atoms with E-state index in [1.54, 1.807) is 6.07 Å². The number of likely N-dealkylation sites (tertiary alicyclic amines) is 1. The van der Waals surface area contributed by atoms with Crippen LogP contribution in [0.3, 0.4) is 0 Å². The van der Waals surface area contributed by atoms with E-state index in [4.69, 9.17) is 23.2 Å². The molecule has 2 rings (SSSR count). The predicted octanol–water partition coefficient (Wildman–Crippen LogP) is 1.14. The van der Waals surface area contributed by atoms with E-state index in [0.717, 1.165) is 25.9 Å². The molecule has 0 aromatic heterocycles. The lowest BCUT2D eigenvalue weighted by atomic mass is 10.2. The summed E-state index contributed by atoms with van der Waals surface area (Å²) in [4.78, 5) is 13.7. The number of amides is 1. The number of benzene rings is 1. The van der Waals surface area contributed by atoms with Crippen molar-refractivity contribution in [3.8, 4) is 5.75 Å². The van der Waals surface area contributed by atoms with Crippen molar-refractivity contribution in [1.29, 1.82) is 0 Å². The van der Waals surface area contributed by atoms with Crippen LogP contribution in [0, 0.1) is 0 Å². The van der Waals surface area contributed by atoms with Crippen molar-refractivity contribution in [3.63, 3.8) is 0 Å². The topological polar surface area (TPSA) is 60.0 Å². The number of nitrogens with zero attached hydrogens (tertiary/aromatic N) is 1. The maximum absolute atomic E-state index is 11.8. The summed E-state index contributed by atoms with van der Waals surface area (Å²) >= 11 is 11.7. The quantitative estimate of drug-likeness (QED) is 0.828. The maximum Gasteiger partial charge on any atom is 0.228 e. The van der Waals surface area contributed by atoms with E-state index in [2.05, 4.69) is 0 Å². The lowest BCUT2D eigenvalue weighted by molar-refractivity contribution is -0.670. The third-order valence-electron chi connectivity index (χ3n) is 3.47. The second-order valence-electron chi connectivity index (χ2n) is 5.00. The van der Waals surface area contributed by atoms with Gasteiger partial charge < -0.3 is 15.3 Å². The van der Waals surface area contributed by atoms with Crippen LogP contribution >= 0.6 is 23.2 Å². The van der Waals surface area contributed by atoms with Crippen LogP contribution in [-0.2, 0) is 11.3 Å². The minimum Gasteiger partial charge on any atom is -0.871 e. The lowest BCUT2D eigenvalue weighted by Gasteiger charge is -2.16. The fourth-order valence-corrected chi connectivity index (χ4v) is 2.91. The monoisotopic (exact) mass is 316 g/mol. The van der Waals surface area contributed by atoms with Crippen LogP contribution in [0.2, 0.25) is 10.0 Å². The number of hydrogen-bond acceptors (Lipinski definition) is 2. The molecule has 6 heteroatoms. The van der Waals surface area contributed by atoms with Crippen LogP contribution in [0.15, 0.2) is 12.1 Å². The van der Waals surface area contributed by atoms with Gasteiger partial charge in [0.1, 0.15) is 6.54 Å². The molecule has 1 saturated heterocycles. The fraction of sp³-hybridized carbons (Fsp3) is 0.500. The molecule has 1 aliphatic heterocycles. The third kappa shape index (κ3) is 4.01. The zero-order valence-electron chi connectivity index (χ0n) is 11.2.